The second-order valence-corrected chi connectivity index (χ2v) is 3.14. The van der Waals surface area contributed by atoms with Crippen LogP contribution in [0.25, 0.3) is 0 Å². The van der Waals surface area contributed by atoms with E-state index in [-0.39, 0.29) is 12.6 Å². The van der Waals surface area contributed by atoms with Crippen LogP contribution in [-0.2, 0) is 4.74 Å². The van der Waals surface area contributed by atoms with Gasteiger partial charge >= 0.3 is 6.18 Å². The molecule has 1 saturated heterocycles. The zero-order valence-electron chi connectivity index (χ0n) is 6.77. The highest BCUT2D eigenvalue weighted by molar-refractivity contribution is 4.85. The van der Waals surface area contributed by atoms with Gasteiger partial charge in [-0.3, -0.25) is 0 Å². The minimum absolute atomic E-state index is 0.0362. The van der Waals surface area contributed by atoms with Crippen LogP contribution >= 0.6 is 0 Å². The second-order valence-electron chi connectivity index (χ2n) is 3.14. The Morgan fingerprint density at radius 2 is 2.08 bits per heavy atom. The Bertz CT molecular complexity index is 159. The van der Waals surface area contributed by atoms with E-state index in [0.717, 1.165) is 0 Å². The number of hydrogen-bond donors (Lipinski definition) is 1. The van der Waals surface area contributed by atoms with Crippen molar-refractivity contribution < 1.29 is 17.9 Å². The predicted octanol–water partition coefficient (Wildman–Crippen LogP) is 1.30. The number of nitrogens with two attached hydrogens (primary N) is 1. The molecule has 0 amide bonds. The Kier molecular flexibility index (Phi) is 2.63. The van der Waals surface area contributed by atoms with E-state index in [1.165, 1.54) is 0 Å². The summed E-state index contributed by atoms with van der Waals surface area (Å²) in [6.45, 7) is 1.67. The molecule has 1 heterocycles. The highest BCUT2D eigenvalue weighted by atomic mass is 19.4. The molecular weight excluding hydrogens is 171 g/mol. The van der Waals surface area contributed by atoms with Gasteiger partial charge in [0.2, 0.25) is 0 Å². The van der Waals surface area contributed by atoms with Gasteiger partial charge in [-0.2, -0.15) is 13.2 Å². The molecule has 0 radical (unpaired) electrons. The molecule has 1 fully saturated rings. The molecule has 0 spiro atoms. The van der Waals surface area contributed by atoms with Gasteiger partial charge in [-0.25, -0.2) is 0 Å². The summed E-state index contributed by atoms with van der Waals surface area (Å²) in [6, 6.07) is 0. The summed E-state index contributed by atoms with van der Waals surface area (Å²) in [5.41, 5.74) is 5.20. The first kappa shape index (κ1) is 9.80. The van der Waals surface area contributed by atoms with Crippen molar-refractivity contribution in [3.05, 3.63) is 0 Å². The van der Waals surface area contributed by atoms with Crippen molar-refractivity contribution in [2.24, 2.45) is 11.7 Å². The third-order valence-corrected chi connectivity index (χ3v) is 2.07. The Balaban J connectivity index is 2.64. The van der Waals surface area contributed by atoms with Gasteiger partial charge in [0.1, 0.15) is 0 Å². The second kappa shape index (κ2) is 3.22. The molecule has 1 aliphatic heterocycles. The van der Waals surface area contributed by atoms with Crippen molar-refractivity contribution in [2.45, 2.75) is 31.7 Å². The predicted molar refractivity (Wildman–Crippen MR) is 37.6 cm³/mol. The minimum atomic E-state index is -4.27. The number of rotatable bonds is 1. The SMILES string of the molecule is C[C@H]1C[C@H](CN)[C@@H](C(F)(F)F)O1. The van der Waals surface area contributed by atoms with E-state index >= 15 is 0 Å². The van der Waals surface area contributed by atoms with Crippen molar-refractivity contribution in [3.8, 4) is 0 Å². The smallest absolute Gasteiger partial charge is 0.365 e. The molecule has 0 bridgehead atoms. The highest BCUT2D eigenvalue weighted by Gasteiger charge is 2.49. The third kappa shape index (κ3) is 1.90. The summed E-state index contributed by atoms with van der Waals surface area (Å²) in [5, 5.41) is 0. The van der Waals surface area contributed by atoms with Crippen LogP contribution in [0, 0.1) is 5.92 Å². The van der Waals surface area contributed by atoms with E-state index in [2.05, 4.69) is 0 Å². The van der Waals surface area contributed by atoms with Crippen molar-refractivity contribution >= 4 is 0 Å². The quantitative estimate of drug-likeness (QED) is 0.665. The monoisotopic (exact) mass is 183 g/mol. The van der Waals surface area contributed by atoms with Crippen LogP contribution in [0.4, 0.5) is 13.2 Å². The molecule has 1 aliphatic rings. The van der Waals surface area contributed by atoms with Crippen molar-refractivity contribution in [3.63, 3.8) is 0 Å². The van der Waals surface area contributed by atoms with E-state index in [1.807, 2.05) is 0 Å². The molecule has 1 rings (SSSR count). The average molecular weight is 183 g/mol. The third-order valence-electron chi connectivity index (χ3n) is 2.07. The minimum Gasteiger partial charge on any atom is -0.365 e. The fourth-order valence-electron chi connectivity index (χ4n) is 1.53. The Labute approximate surface area is 68.9 Å². The lowest BCUT2D eigenvalue weighted by Gasteiger charge is -2.19. The maximum atomic E-state index is 12.2. The van der Waals surface area contributed by atoms with E-state index in [1.54, 1.807) is 6.92 Å². The largest absolute Gasteiger partial charge is 0.414 e. The van der Waals surface area contributed by atoms with Gasteiger partial charge in [0.05, 0.1) is 6.10 Å². The standard InChI is InChI=1S/C7H12F3NO/c1-4-2-5(3-11)6(12-4)7(8,9)10/h4-6H,2-3,11H2,1H3/t4-,5+,6-/m0/s1. The van der Waals surface area contributed by atoms with E-state index in [4.69, 9.17) is 10.5 Å². The van der Waals surface area contributed by atoms with Gasteiger partial charge in [-0.05, 0) is 19.9 Å². The summed E-state index contributed by atoms with van der Waals surface area (Å²) in [7, 11) is 0. The maximum absolute atomic E-state index is 12.2. The fourth-order valence-corrected chi connectivity index (χ4v) is 1.53. The molecule has 3 atom stereocenters. The molecule has 2 N–H and O–H groups in total. The first-order valence-corrected chi connectivity index (χ1v) is 3.87. The zero-order chi connectivity index (χ0) is 9.35. The van der Waals surface area contributed by atoms with Crippen LogP contribution < -0.4 is 5.73 Å². The molecule has 0 aromatic carbocycles. The molecular formula is C7H12F3NO. The van der Waals surface area contributed by atoms with Gasteiger partial charge in [0.25, 0.3) is 0 Å². The number of hydrogen-bond acceptors (Lipinski definition) is 2. The number of alkyl halides is 3. The number of halogens is 3. The van der Waals surface area contributed by atoms with Gasteiger partial charge in [0.15, 0.2) is 6.10 Å². The Hall–Kier alpha value is -0.290. The molecule has 12 heavy (non-hydrogen) atoms. The summed E-state index contributed by atoms with van der Waals surface area (Å²) >= 11 is 0. The summed E-state index contributed by atoms with van der Waals surface area (Å²) < 4.78 is 41.3. The Morgan fingerprint density at radius 3 is 2.42 bits per heavy atom. The molecule has 0 unspecified atom stereocenters. The molecule has 0 saturated carbocycles. The van der Waals surface area contributed by atoms with Crippen LogP contribution in [0.2, 0.25) is 0 Å². The first-order chi connectivity index (χ1) is 5.45. The maximum Gasteiger partial charge on any atom is 0.414 e. The van der Waals surface area contributed by atoms with Gasteiger partial charge in [0, 0.05) is 5.92 Å². The van der Waals surface area contributed by atoms with Crippen molar-refractivity contribution in [1.29, 1.82) is 0 Å². The molecule has 0 aliphatic carbocycles. The lowest BCUT2D eigenvalue weighted by molar-refractivity contribution is -0.222. The summed E-state index contributed by atoms with van der Waals surface area (Å²) in [5.74, 6) is -0.569. The van der Waals surface area contributed by atoms with Crippen LogP contribution in [0.15, 0.2) is 0 Å². The van der Waals surface area contributed by atoms with Crippen LogP contribution in [0.3, 0.4) is 0 Å². The molecule has 0 aromatic heterocycles. The molecule has 0 aromatic rings. The van der Waals surface area contributed by atoms with Crippen molar-refractivity contribution in [2.75, 3.05) is 6.54 Å². The van der Waals surface area contributed by atoms with E-state index < -0.39 is 18.2 Å². The first-order valence-electron chi connectivity index (χ1n) is 3.87. The van der Waals surface area contributed by atoms with Crippen LogP contribution in [0.1, 0.15) is 13.3 Å². The van der Waals surface area contributed by atoms with E-state index in [0.29, 0.717) is 6.42 Å². The Morgan fingerprint density at radius 1 is 1.50 bits per heavy atom. The lowest BCUT2D eigenvalue weighted by atomic mass is 10.00. The van der Waals surface area contributed by atoms with E-state index in [9.17, 15) is 13.2 Å². The normalized spacial score (nSPS) is 37.2. The molecule has 5 heteroatoms. The average Bonchev–Trinajstić information content (AvgIpc) is 2.29. The fraction of sp³-hybridized carbons (Fsp3) is 1.00. The van der Waals surface area contributed by atoms with Crippen molar-refractivity contribution in [1.82, 2.24) is 0 Å². The topological polar surface area (TPSA) is 35.2 Å². The van der Waals surface area contributed by atoms with Gasteiger partial charge in [-0.1, -0.05) is 0 Å². The zero-order valence-corrected chi connectivity index (χ0v) is 6.77. The molecule has 2 nitrogen and oxygen atoms in total. The van der Waals surface area contributed by atoms with Crippen LogP contribution in [0.5, 0.6) is 0 Å². The van der Waals surface area contributed by atoms with Gasteiger partial charge < -0.3 is 10.5 Å². The summed E-state index contributed by atoms with van der Waals surface area (Å²) in [4.78, 5) is 0. The van der Waals surface area contributed by atoms with Gasteiger partial charge in [-0.15, -0.1) is 0 Å². The molecule has 72 valence electrons. The summed E-state index contributed by atoms with van der Waals surface area (Å²) in [6.07, 6.45) is -5.85. The van der Waals surface area contributed by atoms with Crippen LogP contribution in [-0.4, -0.2) is 24.9 Å². The number of ether oxygens (including phenoxy) is 1. The lowest BCUT2D eigenvalue weighted by Crippen LogP contribution is -2.37. The highest BCUT2D eigenvalue weighted by Crippen LogP contribution is 2.36.